The molecule has 6 rings (SSSR count). The summed E-state index contributed by atoms with van der Waals surface area (Å²) in [5.41, 5.74) is 3.59. The van der Waals surface area contributed by atoms with Crippen molar-refractivity contribution >= 4 is 29.2 Å². The van der Waals surface area contributed by atoms with Gasteiger partial charge in [0.25, 0.3) is 5.91 Å². The quantitative estimate of drug-likeness (QED) is 0.431. The van der Waals surface area contributed by atoms with E-state index in [0.717, 1.165) is 54.1 Å². The molecule has 0 radical (unpaired) electrons. The summed E-state index contributed by atoms with van der Waals surface area (Å²) in [5.74, 6) is -0.352. The number of rotatable bonds is 7. The van der Waals surface area contributed by atoms with Crippen molar-refractivity contribution < 1.29 is 18.3 Å². The fourth-order valence-corrected chi connectivity index (χ4v) is 7.91. The first-order valence-electron chi connectivity index (χ1n) is 15.0. The number of amides is 1. The maximum atomic E-state index is 15.4. The number of benzene rings is 1. The Morgan fingerprint density at radius 3 is 2.79 bits per heavy atom. The minimum Gasteiger partial charge on any atom is -0.462 e. The van der Waals surface area contributed by atoms with E-state index in [1.165, 1.54) is 10.5 Å². The summed E-state index contributed by atoms with van der Waals surface area (Å²) in [7, 11) is 2.09. The average Bonchev–Trinajstić information content (AvgIpc) is 3.43. The van der Waals surface area contributed by atoms with E-state index in [1.54, 1.807) is 17.8 Å². The molecule has 228 valence electrons. The van der Waals surface area contributed by atoms with Gasteiger partial charge < -0.3 is 24.3 Å². The molecule has 1 aromatic carbocycles. The number of hydrogen-bond acceptors (Lipinski definition) is 9. The molecule has 4 aliphatic heterocycles. The normalized spacial score (nSPS) is 22.1. The van der Waals surface area contributed by atoms with Gasteiger partial charge in [-0.05, 0) is 63.1 Å². The largest absolute Gasteiger partial charge is 0.462 e. The summed E-state index contributed by atoms with van der Waals surface area (Å²) in [5, 5.41) is 9.48. The third kappa shape index (κ3) is 6.02. The second-order valence-corrected chi connectivity index (χ2v) is 12.8. The number of anilines is 2. The summed E-state index contributed by atoms with van der Waals surface area (Å²) in [6.45, 7) is 6.65. The molecule has 0 bridgehead atoms. The van der Waals surface area contributed by atoms with E-state index in [0.29, 0.717) is 50.7 Å². The molecular weight excluding hydrogens is 572 g/mol. The lowest BCUT2D eigenvalue weighted by molar-refractivity contribution is -0.131. The van der Waals surface area contributed by atoms with Crippen LogP contribution in [0.1, 0.15) is 42.5 Å². The zero-order valence-corrected chi connectivity index (χ0v) is 25.3. The first kappa shape index (κ1) is 29.6. The molecule has 1 amide bonds. The molecule has 2 atom stereocenters. The maximum Gasteiger partial charge on any atom is 0.318 e. The van der Waals surface area contributed by atoms with Gasteiger partial charge >= 0.3 is 6.01 Å². The molecular formula is C31H37F2N7O2S. The minimum absolute atomic E-state index is 0.0595. The second-order valence-electron chi connectivity index (χ2n) is 11.7. The molecule has 2 fully saturated rings. The Hall–Kier alpha value is -3.43. The Morgan fingerprint density at radius 2 is 2.02 bits per heavy atom. The van der Waals surface area contributed by atoms with Gasteiger partial charge in [-0.15, -0.1) is 11.8 Å². The summed E-state index contributed by atoms with van der Waals surface area (Å²) in [6.07, 6.45) is 4.87. The van der Waals surface area contributed by atoms with Crippen LogP contribution in [-0.2, 0) is 24.2 Å². The highest BCUT2D eigenvalue weighted by molar-refractivity contribution is 7.99. The number of nitriles is 1. The van der Waals surface area contributed by atoms with Crippen molar-refractivity contribution in [3.63, 3.8) is 0 Å². The highest BCUT2D eigenvalue weighted by atomic mass is 32.2. The number of likely N-dealkylation sites (tertiary alicyclic amines) is 1. The number of hydrogen-bond donors (Lipinski definition) is 0. The van der Waals surface area contributed by atoms with Crippen molar-refractivity contribution in [2.45, 2.75) is 62.0 Å². The molecule has 0 aliphatic carbocycles. The predicted molar refractivity (Wildman–Crippen MR) is 162 cm³/mol. The molecule has 9 nitrogen and oxygen atoms in total. The number of halogens is 2. The Kier molecular flexibility index (Phi) is 8.73. The second kappa shape index (κ2) is 12.7. The van der Waals surface area contributed by atoms with E-state index < -0.39 is 17.8 Å². The number of aromatic nitrogens is 2. The summed E-state index contributed by atoms with van der Waals surface area (Å²) < 4.78 is 35.4. The van der Waals surface area contributed by atoms with Crippen LogP contribution in [0.5, 0.6) is 6.01 Å². The van der Waals surface area contributed by atoms with E-state index in [9.17, 15) is 14.4 Å². The van der Waals surface area contributed by atoms with E-state index in [1.807, 2.05) is 6.07 Å². The molecule has 1 aromatic heterocycles. The topological polar surface area (TPSA) is 88.8 Å². The molecule has 0 spiro atoms. The first-order chi connectivity index (χ1) is 20.8. The van der Waals surface area contributed by atoms with E-state index in [-0.39, 0.29) is 30.8 Å². The molecule has 2 aromatic rings. The van der Waals surface area contributed by atoms with Crippen molar-refractivity contribution in [2.75, 3.05) is 61.9 Å². The van der Waals surface area contributed by atoms with Crippen LogP contribution in [0.25, 0.3) is 0 Å². The van der Waals surface area contributed by atoms with Gasteiger partial charge in [0.1, 0.15) is 18.2 Å². The van der Waals surface area contributed by atoms with Crippen molar-refractivity contribution in [3.05, 3.63) is 47.2 Å². The van der Waals surface area contributed by atoms with Crippen LogP contribution in [0.4, 0.5) is 20.3 Å². The minimum atomic E-state index is -1.03. The first-order valence-corrected chi connectivity index (χ1v) is 16.0. The van der Waals surface area contributed by atoms with Gasteiger partial charge in [-0.2, -0.15) is 15.2 Å². The van der Waals surface area contributed by atoms with E-state index in [4.69, 9.17) is 14.7 Å². The van der Waals surface area contributed by atoms with Gasteiger partial charge in [-0.1, -0.05) is 12.6 Å². The molecule has 0 N–H and O–H groups in total. The number of thioether (sulfide) groups is 1. The molecule has 2 saturated heterocycles. The fraction of sp³-hybridized carbons (Fsp3) is 0.548. The van der Waals surface area contributed by atoms with Crippen molar-refractivity contribution in [3.8, 4) is 12.1 Å². The zero-order valence-electron chi connectivity index (χ0n) is 24.5. The lowest BCUT2D eigenvalue weighted by Gasteiger charge is -2.42. The van der Waals surface area contributed by atoms with Gasteiger partial charge in [-0.25, -0.2) is 8.78 Å². The van der Waals surface area contributed by atoms with Crippen LogP contribution >= 0.6 is 11.8 Å². The van der Waals surface area contributed by atoms with Crippen LogP contribution in [-0.4, -0.2) is 89.9 Å². The molecule has 12 heteroatoms. The lowest BCUT2D eigenvalue weighted by atomic mass is 10.0. The van der Waals surface area contributed by atoms with Crippen molar-refractivity contribution in [1.82, 2.24) is 19.8 Å². The smallest absolute Gasteiger partial charge is 0.318 e. The number of carbonyl (C=O) groups is 1. The van der Waals surface area contributed by atoms with Gasteiger partial charge in [0.2, 0.25) is 0 Å². The Balaban J connectivity index is 1.32. The number of piperazine rings is 1. The molecule has 43 heavy (non-hydrogen) atoms. The Bertz CT molecular complexity index is 1450. The highest BCUT2D eigenvalue weighted by Gasteiger charge is 2.35. The lowest BCUT2D eigenvalue weighted by Crippen LogP contribution is -2.55. The number of carbonyl (C=O) groups excluding carboxylic acids is 1. The van der Waals surface area contributed by atoms with E-state index >= 15 is 4.39 Å². The van der Waals surface area contributed by atoms with Crippen LogP contribution in [0.15, 0.2) is 29.4 Å². The Morgan fingerprint density at radius 1 is 1.16 bits per heavy atom. The van der Waals surface area contributed by atoms with Gasteiger partial charge in [0.05, 0.1) is 36.5 Å². The summed E-state index contributed by atoms with van der Waals surface area (Å²) in [6, 6.07) is 5.67. The number of ether oxygens (including phenoxy) is 1. The SMILES string of the molecule is C=C(F)C(=O)N1CCN(c2nc(OC[C@@H]3CCCN3C)nc3c2CCN(c2c(F)ccc4c2SCCC4)C3)C[C@@H]1CC#N. The van der Waals surface area contributed by atoms with Crippen molar-refractivity contribution in [2.24, 2.45) is 0 Å². The van der Waals surface area contributed by atoms with Crippen molar-refractivity contribution in [1.29, 1.82) is 5.26 Å². The summed E-state index contributed by atoms with van der Waals surface area (Å²) in [4.78, 5) is 31.1. The van der Waals surface area contributed by atoms with Gasteiger partial charge in [-0.3, -0.25) is 4.79 Å². The van der Waals surface area contributed by atoms with Crippen LogP contribution < -0.4 is 14.5 Å². The molecule has 0 unspecified atom stereocenters. The zero-order chi connectivity index (χ0) is 30.1. The van der Waals surface area contributed by atoms with Gasteiger partial charge in [0.15, 0.2) is 5.83 Å². The van der Waals surface area contributed by atoms with E-state index in [2.05, 4.69) is 34.4 Å². The van der Waals surface area contributed by atoms with Gasteiger partial charge in [0, 0.05) is 42.7 Å². The maximum absolute atomic E-state index is 15.4. The third-order valence-corrected chi connectivity index (χ3v) is 10.3. The number of likely N-dealkylation sites (N-methyl/N-ethyl adjacent to an activating group) is 1. The van der Waals surface area contributed by atoms with Crippen LogP contribution in [0.2, 0.25) is 0 Å². The number of fused-ring (bicyclic) bond motifs is 2. The average molecular weight is 610 g/mol. The number of nitrogens with zero attached hydrogens (tertiary/aromatic N) is 7. The number of aryl methyl sites for hydroxylation is 1. The fourth-order valence-electron chi connectivity index (χ4n) is 6.70. The molecule has 0 saturated carbocycles. The molecule has 5 heterocycles. The highest BCUT2D eigenvalue weighted by Crippen LogP contribution is 2.42. The standard InChI is InChI=1S/C31H37F2N7O2S/c1-20(32)30(41)40-15-14-39(17-22(40)9-11-34)29-24-10-13-38(27-25(33)8-7-21-5-4-16-43-28(21)27)18-26(24)35-31(36-29)42-19-23-6-3-12-37(23)2/h7-8,22-23H,1,3-6,9-10,12-19H2,2H3/t22-,23-/m0/s1. The predicted octanol–water partition coefficient (Wildman–Crippen LogP) is 4.10. The summed E-state index contributed by atoms with van der Waals surface area (Å²) >= 11 is 1.72. The van der Waals surface area contributed by atoms with Crippen LogP contribution in [0.3, 0.4) is 0 Å². The monoisotopic (exact) mass is 609 g/mol. The Labute approximate surface area is 255 Å². The third-order valence-electron chi connectivity index (χ3n) is 9.02. The molecule has 4 aliphatic rings. The van der Waals surface area contributed by atoms with Crippen LogP contribution in [0, 0.1) is 17.1 Å².